The number of hydrogen-bond acceptors (Lipinski definition) is 1. The fourth-order valence-corrected chi connectivity index (χ4v) is 3.11. The van der Waals surface area contributed by atoms with Gasteiger partial charge in [-0.1, -0.05) is 74.4 Å². The highest BCUT2D eigenvalue weighted by Crippen LogP contribution is 2.36. The van der Waals surface area contributed by atoms with E-state index in [-0.39, 0.29) is 11.5 Å². The molecule has 0 saturated heterocycles. The molecule has 0 N–H and O–H groups in total. The maximum absolute atomic E-state index is 12.8. The average Bonchev–Trinajstić information content (AvgIpc) is 2.42. The maximum atomic E-state index is 12.8. The van der Waals surface area contributed by atoms with Crippen LogP contribution < -0.4 is 0 Å². The van der Waals surface area contributed by atoms with E-state index in [1.54, 1.807) is 0 Å². The number of nitrogens with zero attached hydrogens (tertiary/aromatic N) is 1. The number of benzene rings is 1. The van der Waals surface area contributed by atoms with Crippen molar-refractivity contribution in [1.82, 2.24) is 0 Å². The van der Waals surface area contributed by atoms with E-state index in [4.69, 9.17) is 0 Å². The van der Waals surface area contributed by atoms with E-state index < -0.39 is 0 Å². The van der Waals surface area contributed by atoms with Crippen molar-refractivity contribution in [1.29, 1.82) is 0 Å². The fourth-order valence-electron chi connectivity index (χ4n) is 3.11. The van der Waals surface area contributed by atoms with Gasteiger partial charge in [-0.15, -0.1) is 0 Å². The Morgan fingerprint density at radius 3 is 1.54 bits per heavy atom. The zero-order valence-corrected chi connectivity index (χ0v) is 17.4. The lowest BCUT2D eigenvalue weighted by atomic mass is 9.82. The summed E-state index contributed by atoms with van der Waals surface area (Å²) in [6.07, 6.45) is 1.81. The van der Waals surface area contributed by atoms with E-state index >= 15 is 0 Å². The molecule has 1 aromatic rings. The maximum Gasteiger partial charge on any atom is 0.185 e. The molecule has 1 atom stereocenters. The van der Waals surface area contributed by atoms with Crippen molar-refractivity contribution in [3.63, 3.8) is 0 Å². The average molecular weight is 332 g/mol. The van der Waals surface area contributed by atoms with Gasteiger partial charge in [-0.2, -0.15) is 0 Å². The van der Waals surface area contributed by atoms with Gasteiger partial charge in [0.1, 0.15) is 0 Å². The molecule has 24 heavy (non-hydrogen) atoms. The van der Waals surface area contributed by atoms with E-state index in [2.05, 4.69) is 74.4 Å². The van der Waals surface area contributed by atoms with Crippen LogP contribution in [0.15, 0.2) is 12.1 Å². The second-order valence-electron chi connectivity index (χ2n) is 9.11. The third-order valence-corrected chi connectivity index (χ3v) is 4.49. The van der Waals surface area contributed by atoms with Crippen LogP contribution in [0.2, 0.25) is 0 Å². The summed E-state index contributed by atoms with van der Waals surface area (Å²) in [6, 6.07) is 4.47. The van der Waals surface area contributed by atoms with Gasteiger partial charge in [-0.3, -0.25) is 0 Å². The molecule has 0 aromatic heterocycles. The molecule has 0 bridgehead atoms. The summed E-state index contributed by atoms with van der Waals surface area (Å²) in [4.78, 5) is 0. The van der Waals surface area contributed by atoms with Gasteiger partial charge in [0.2, 0.25) is 0 Å². The van der Waals surface area contributed by atoms with Crippen LogP contribution in [0.3, 0.4) is 0 Å². The summed E-state index contributed by atoms with van der Waals surface area (Å²) < 4.78 is 1.15. The normalized spacial score (nSPS) is 14.8. The van der Waals surface area contributed by atoms with Crippen molar-refractivity contribution in [3.05, 3.63) is 39.6 Å². The third-order valence-electron chi connectivity index (χ3n) is 4.49. The molecular weight excluding hydrogens is 294 g/mol. The smallest absolute Gasteiger partial charge is 0.185 e. The molecular formula is C22H37NO. The monoisotopic (exact) mass is 331 g/mol. The molecule has 2 heteroatoms. The van der Waals surface area contributed by atoms with Crippen molar-refractivity contribution < 1.29 is 4.74 Å². The highest BCUT2D eigenvalue weighted by Gasteiger charge is 2.26. The Balaban J connectivity index is 3.63. The van der Waals surface area contributed by atoms with Gasteiger partial charge in [0.05, 0.1) is 0 Å². The lowest BCUT2D eigenvalue weighted by Crippen LogP contribution is -2.22. The van der Waals surface area contributed by atoms with Crippen LogP contribution in [0.5, 0.6) is 0 Å². The zero-order valence-electron chi connectivity index (χ0n) is 17.4. The minimum Gasteiger partial charge on any atom is -0.624 e. The highest BCUT2D eigenvalue weighted by atomic mass is 16.5. The van der Waals surface area contributed by atoms with Gasteiger partial charge in [0.25, 0.3) is 0 Å². The molecule has 2 nitrogen and oxygen atoms in total. The number of hydroxylamine groups is 1. The number of hydrogen-bond donors (Lipinski definition) is 0. The molecule has 0 fully saturated rings. The lowest BCUT2D eigenvalue weighted by Gasteiger charge is -2.26. The quantitative estimate of drug-likeness (QED) is 0.254. The molecule has 1 unspecified atom stereocenters. The minimum atomic E-state index is -0.166. The summed E-state index contributed by atoms with van der Waals surface area (Å²) in [5.74, 6) is 1.30. The summed E-state index contributed by atoms with van der Waals surface area (Å²) in [5, 5.41) is 12.8. The second-order valence-corrected chi connectivity index (χ2v) is 9.11. The Morgan fingerprint density at radius 2 is 1.25 bits per heavy atom. The van der Waals surface area contributed by atoms with E-state index in [0.717, 1.165) is 4.74 Å². The predicted molar refractivity (Wildman–Crippen MR) is 106 cm³/mol. The highest BCUT2D eigenvalue weighted by molar-refractivity contribution is 5.59. The standard InChI is InChI=1S/C22H37NO/c1-14(2)18-11-19(15(3)4)21(20(12-18)16(5)6)17(7)23(24)13-22(8,9)10/h11-17H,1-10H3/b23-13-. The Bertz CT molecular complexity index is 559. The minimum absolute atomic E-state index is 0.121. The van der Waals surface area contributed by atoms with Crippen LogP contribution in [0.1, 0.15) is 115 Å². The van der Waals surface area contributed by atoms with Crippen LogP contribution in [0.4, 0.5) is 0 Å². The van der Waals surface area contributed by atoms with Gasteiger partial charge < -0.3 is 5.21 Å². The topological polar surface area (TPSA) is 26.1 Å². The molecule has 0 aliphatic rings. The SMILES string of the molecule is CC(C)c1cc(C(C)C)c(C(C)/[N+]([O-])=C/C(C)(C)C)c(C(C)C)c1. The van der Waals surface area contributed by atoms with Crippen molar-refractivity contribution in [3.8, 4) is 0 Å². The van der Waals surface area contributed by atoms with Crippen molar-refractivity contribution in [2.24, 2.45) is 5.41 Å². The fraction of sp³-hybridized carbons (Fsp3) is 0.682. The molecule has 0 aliphatic carbocycles. The summed E-state index contributed by atoms with van der Waals surface area (Å²) >= 11 is 0. The molecule has 0 saturated carbocycles. The largest absolute Gasteiger partial charge is 0.624 e. The van der Waals surface area contributed by atoms with E-state index in [0.29, 0.717) is 17.8 Å². The van der Waals surface area contributed by atoms with E-state index in [9.17, 15) is 5.21 Å². The van der Waals surface area contributed by atoms with E-state index in [1.807, 2.05) is 13.1 Å². The first-order valence-corrected chi connectivity index (χ1v) is 9.34. The molecule has 0 heterocycles. The third kappa shape index (κ3) is 5.09. The first-order chi connectivity index (χ1) is 10.8. The molecule has 136 valence electrons. The molecule has 1 rings (SSSR count). The van der Waals surface area contributed by atoms with Crippen LogP contribution in [0, 0.1) is 10.6 Å². The Labute approximate surface area is 149 Å². The van der Waals surface area contributed by atoms with Crippen molar-refractivity contribution >= 4 is 6.21 Å². The zero-order chi connectivity index (χ0) is 18.8. The molecule has 0 spiro atoms. The molecule has 0 radical (unpaired) electrons. The number of rotatable bonds is 5. The predicted octanol–water partition coefficient (Wildman–Crippen LogP) is 6.75. The van der Waals surface area contributed by atoms with Crippen molar-refractivity contribution in [2.75, 3.05) is 0 Å². The Morgan fingerprint density at radius 1 is 0.833 bits per heavy atom. The second kappa shape index (κ2) is 7.72. The summed E-state index contributed by atoms with van der Waals surface area (Å²) in [6.45, 7) is 21.6. The van der Waals surface area contributed by atoms with Gasteiger partial charge in [0.15, 0.2) is 12.3 Å². The first-order valence-electron chi connectivity index (χ1n) is 9.34. The summed E-state index contributed by atoms with van der Waals surface area (Å²) in [5.41, 5.74) is 5.11. The van der Waals surface area contributed by atoms with Crippen LogP contribution >= 0.6 is 0 Å². The van der Waals surface area contributed by atoms with Crippen LogP contribution in [-0.4, -0.2) is 11.0 Å². The van der Waals surface area contributed by atoms with Gasteiger partial charge in [-0.05, 0) is 34.4 Å². The van der Waals surface area contributed by atoms with Gasteiger partial charge in [-0.25, -0.2) is 4.74 Å². The van der Waals surface area contributed by atoms with Crippen molar-refractivity contribution in [2.45, 2.75) is 93.0 Å². The van der Waals surface area contributed by atoms with Crippen LogP contribution in [0.25, 0.3) is 0 Å². The Hall–Kier alpha value is -1.31. The lowest BCUT2D eigenvalue weighted by molar-refractivity contribution is -0.502. The Kier molecular flexibility index (Phi) is 6.67. The summed E-state index contributed by atoms with van der Waals surface area (Å²) in [7, 11) is 0. The van der Waals surface area contributed by atoms with Gasteiger partial charge in [0, 0.05) is 17.9 Å². The first kappa shape index (κ1) is 20.7. The molecule has 0 amide bonds. The van der Waals surface area contributed by atoms with Gasteiger partial charge >= 0.3 is 0 Å². The molecule has 0 aliphatic heterocycles. The van der Waals surface area contributed by atoms with Crippen LogP contribution in [-0.2, 0) is 0 Å². The van der Waals surface area contributed by atoms with E-state index in [1.165, 1.54) is 22.3 Å². The molecule has 1 aromatic carbocycles.